The van der Waals surface area contributed by atoms with Crippen LogP contribution in [0.15, 0.2) is 54.6 Å². The van der Waals surface area contributed by atoms with Crippen molar-refractivity contribution >= 4 is 16.9 Å². The molecule has 2 aromatic heterocycles. The van der Waals surface area contributed by atoms with Gasteiger partial charge < -0.3 is 14.8 Å². The van der Waals surface area contributed by atoms with Crippen molar-refractivity contribution in [1.29, 1.82) is 0 Å². The number of aryl methyl sites for hydroxylation is 3. The lowest BCUT2D eigenvalue weighted by molar-refractivity contribution is -0.122. The number of aromatic nitrogens is 3. The Morgan fingerprint density at radius 3 is 2.54 bits per heavy atom. The Morgan fingerprint density at radius 2 is 1.83 bits per heavy atom. The van der Waals surface area contributed by atoms with Crippen molar-refractivity contribution in [3.8, 4) is 11.6 Å². The number of carbonyl (C=O) groups is 1. The van der Waals surface area contributed by atoms with E-state index in [-0.39, 0.29) is 24.7 Å². The third kappa shape index (κ3) is 5.26. The third-order valence-electron chi connectivity index (χ3n) is 6.10. The number of methoxy groups -OCH3 is 1. The summed E-state index contributed by atoms with van der Waals surface area (Å²) in [6.07, 6.45) is 0.778. The Bertz CT molecular complexity index is 1340. The van der Waals surface area contributed by atoms with E-state index < -0.39 is 11.9 Å². The standard InChI is InChI=1S/C27H29FN4O3/c1-17-20(18(2)29-26-25(17)27(34-4)31-32(26)3)14-15-24(33)30-22(19-10-6-5-7-11-19)16-35-23-13-9-8-12-21(23)28/h5-13,22H,14-16H2,1-4H3,(H,30,33). The van der Waals surface area contributed by atoms with Crippen LogP contribution in [0.3, 0.4) is 0 Å². The molecule has 2 heterocycles. The molecule has 0 bridgehead atoms. The lowest BCUT2D eigenvalue weighted by atomic mass is 9.99. The molecule has 0 saturated carbocycles. The number of hydrogen-bond donors (Lipinski definition) is 1. The largest absolute Gasteiger partial charge is 0.488 e. The summed E-state index contributed by atoms with van der Waals surface area (Å²) in [5, 5.41) is 8.29. The minimum absolute atomic E-state index is 0.106. The van der Waals surface area contributed by atoms with Crippen molar-refractivity contribution in [3.05, 3.63) is 82.8 Å². The van der Waals surface area contributed by atoms with Crippen LogP contribution in [0.2, 0.25) is 0 Å². The van der Waals surface area contributed by atoms with Crippen LogP contribution in [-0.4, -0.2) is 34.4 Å². The second-order valence-corrected chi connectivity index (χ2v) is 8.40. The first-order valence-electron chi connectivity index (χ1n) is 11.5. The van der Waals surface area contributed by atoms with Crippen LogP contribution >= 0.6 is 0 Å². The molecule has 1 N–H and O–H groups in total. The molecule has 0 saturated heterocycles. The van der Waals surface area contributed by atoms with E-state index >= 15 is 0 Å². The van der Waals surface area contributed by atoms with Gasteiger partial charge in [0.05, 0.1) is 18.5 Å². The Labute approximate surface area is 203 Å². The smallest absolute Gasteiger partial charge is 0.242 e. The molecule has 8 heteroatoms. The van der Waals surface area contributed by atoms with Crippen molar-refractivity contribution in [3.63, 3.8) is 0 Å². The maximum Gasteiger partial charge on any atom is 0.242 e. The Hall–Kier alpha value is -3.94. The molecule has 35 heavy (non-hydrogen) atoms. The highest BCUT2D eigenvalue weighted by Gasteiger charge is 2.20. The van der Waals surface area contributed by atoms with Gasteiger partial charge in [0.1, 0.15) is 6.61 Å². The van der Waals surface area contributed by atoms with Crippen molar-refractivity contribution in [2.75, 3.05) is 13.7 Å². The van der Waals surface area contributed by atoms with Crippen molar-refractivity contribution in [2.45, 2.75) is 32.7 Å². The molecule has 4 aromatic rings. The van der Waals surface area contributed by atoms with Gasteiger partial charge in [0.25, 0.3) is 0 Å². The molecule has 0 aliphatic heterocycles. The van der Waals surface area contributed by atoms with E-state index in [0.717, 1.165) is 33.4 Å². The number of halogens is 1. The van der Waals surface area contributed by atoms with Gasteiger partial charge in [-0.15, -0.1) is 5.10 Å². The molecule has 1 atom stereocenters. The minimum Gasteiger partial charge on any atom is -0.488 e. The van der Waals surface area contributed by atoms with E-state index in [2.05, 4.69) is 10.4 Å². The van der Waals surface area contributed by atoms with Crippen LogP contribution < -0.4 is 14.8 Å². The average Bonchev–Trinajstić information content (AvgIpc) is 3.18. The molecular weight excluding hydrogens is 447 g/mol. The fraction of sp³-hybridized carbons (Fsp3) is 0.296. The van der Waals surface area contributed by atoms with Gasteiger partial charge in [0.15, 0.2) is 17.2 Å². The van der Waals surface area contributed by atoms with Gasteiger partial charge in [-0.2, -0.15) is 0 Å². The van der Waals surface area contributed by atoms with E-state index in [1.165, 1.54) is 6.07 Å². The number of pyridine rings is 1. The van der Waals surface area contributed by atoms with Crippen LogP contribution in [-0.2, 0) is 18.3 Å². The number of fused-ring (bicyclic) bond motifs is 1. The highest BCUT2D eigenvalue weighted by atomic mass is 19.1. The Morgan fingerprint density at radius 1 is 1.11 bits per heavy atom. The summed E-state index contributed by atoms with van der Waals surface area (Å²) in [7, 11) is 3.41. The van der Waals surface area contributed by atoms with E-state index in [4.69, 9.17) is 14.5 Å². The highest BCUT2D eigenvalue weighted by Crippen LogP contribution is 2.30. The number of amides is 1. The predicted octanol–water partition coefficient (Wildman–Crippen LogP) is 4.60. The van der Waals surface area contributed by atoms with Crippen LogP contribution in [0, 0.1) is 19.7 Å². The third-order valence-corrected chi connectivity index (χ3v) is 6.10. The maximum absolute atomic E-state index is 14.0. The van der Waals surface area contributed by atoms with Gasteiger partial charge >= 0.3 is 0 Å². The summed E-state index contributed by atoms with van der Waals surface area (Å²) < 4.78 is 26.9. The van der Waals surface area contributed by atoms with E-state index in [9.17, 15) is 9.18 Å². The quantitative estimate of drug-likeness (QED) is 0.382. The van der Waals surface area contributed by atoms with Crippen LogP contribution in [0.1, 0.15) is 34.8 Å². The van der Waals surface area contributed by atoms with Crippen molar-refractivity contribution in [2.24, 2.45) is 7.05 Å². The number of rotatable bonds is 9. The molecule has 4 rings (SSSR count). The molecule has 0 spiro atoms. The summed E-state index contributed by atoms with van der Waals surface area (Å²) in [6.45, 7) is 4.05. The lowest BCUT2D eigenvalue weighted by Gasteiger charge is -2.20. The predicted molar refractivity (Wildman–Crippen MR) is 132 cm³/mol. The topological polar surface area (TPSA) is 78.3 Å². The average molecular weight is 477 g/mol. The first-order valence-corrected chi connectivity index (χ1v) is 11.5. The summed E-state index contributed by atoms with van der Waals surface area (Å²) in [6, 6.07) is 15.3. The molecule has 2 aromatic carbocycles. The Balaban J connectivity index is 1.49. The van der Waals surface area contributed by atoms with Gasteiger partial charge in [-0.1, -0.05) is 42.5 Å². The zero-order valence-corrected chi connectivity index (χ0v) is 20.3. The van der Waals surface area contributed by atoms with Crippen molar-refractivity contribution < 1.29 is 18.7 Å². The first-order chi connectivity index (χ1) is 16.9. The van der Waals surface area contributed by atoms with Gasteiger partial charge in [0.2, 0.25) is 11.8 Å². The first kappa shape index (κ1) is 24.2. The molecule has 0 aliphatic rings. The van der Waals surface area contributed by atoms with E-state index in [1.807, 2.05) is 51.2 Å². The number of carbonyl (C=O) groups excluding carboxylic acids is 1. The fourth-order valence-electron chi connectivity index (χ4n) is 4.25. The number of nitrogens with zero attached hydrogens (tertiary/aromatic N) is 3. The van der Waals surface area contributed by atoms with Gasteiger partial charge in [-0.25, -0.2) is 14.1 Å². The minimum atomic E-state index is -0.440. The number of hydrogen-bond acceptors (Lipinski definition) is 5. The van der Waals surface area contributed by atoms with Gasteiger partial charge in [-0.3, -0.25) is 4.79 Å². The van der Waals surface area contributed by atoms with Crippen molar-refractivity contribution in [1.82, 2.24) is 20.1 Å². The SMILES string of the molecule is COc1nn(C)c2nc(C)c(CCC(=O)NC(COc3ccccc3F)c3ccccc3)c(C)c12. The molecule has 1 unspecified atom stereocenters. The summed E-state index contributed by atoms with van der Waals surface area (Å²) in [5.41, 5.74) is 4.49. The van der Waals surface area contributed by atoms with Gasteiger partial charge in [0, 0.05) is 19.2 Å². The fourth-order valence-corrected chi connectivity index (χ4v) is 4.25. The number of benzene rings is 2. The Kier molecular flexibility index (Phi) is 7.29. The normalized spacial score (nSPS) is 11.9. The second-order valence-electron chi connectivity index (χ2n) is 8.40. The van der Waals surface area contributed by atoms with E-state index in [1.54, 1.807) is 30.0 Å². The second kappa shape index (κ2) is 10.5. The molecule has 182 valence electrons. The molecule has 0 fully saturated rings. The lowest BCUT2D eigenvalue weighted by Crippen LogP contribution is -2.32. The van der Waals surface area contributed by atoms with Gasteiger partial charge in [-0.05, 0) is 49.1 Å². The molecular formula is C27H29FN4O3. The molecule has 0 aliphatic carbocycles. The molecule has 1 amide bonds. The number of ether oxygens (including phenoxy) is 2. The number of nitrogens with one attached hydrogen (secondary N) is 1. The zero-order chi connectivity index (χ0) is 24.9. The summed E-state index contributed by atoms with van der Waals surface area (Å²) >= 11 is 0. The molecule has 7 nitrogen and oxygen atoms in total. The summed E-state index contributed by atoms with van der Waals surface area (Å²) in [5.74, 6) is 0.102. The van der Waals surface area contributed by atoms with Crippen LogP contribution in [0.25, 0.3) is 11.0 Å². The number of para-hydroxylation sites is 1. The molecule has 0 radical (unpaired) electrons. The van der Waals surface area contributed by atoms with E-state index in [0.29, 0.717) is 12.3 Å². The van der Waals surface area contributed by atoms with Crippen LogP contribution in [0.5, 0.6) is 11.6 Å². The maximum atomic E-state index is 14.0. The summed E-state index contributed by atoms with van der Waals surface area (Å²) in [4.78, 5) is 17.7. The van der Waals surface area contributed by atoms with Crippen LogP contribution in [0.4, 0.5) is 4.39 Å². The monoisotopic (exact) mass is 476 g/mol. The zero-order valence-electron chi connectivity index (χ0n) is 20.3. The highest BCUT2D eigenvalue weighted by molar-refractivity contribution is 5.86.